The molecular weight excluding hydrogens is 232 g/mol. The highest BCUT2D eigenvalue weighted by Gasteiger charge is 2.27. The van der Waals surface area contributed by atoms with Gasteiger partial charge in [0, 0.05) is 5.02 Å². The Balaban J connectivity index is 2.43. The summed E-state index contributed by atoms with van der Waals surface area (Å²) in [6.45, 7) is 4.43. The van der Waals surface area contributed by atoms with Crippen LogP contribution in [0.1, 0.15) is 38.7 Å². The maximum absolute atomic E-state index is 11.2. The van der Waals surface area contributed by atoms with Crippen LogP contribution in [0.3, 0.4) is 0 Å². The molecule has 0 spiro atoms. The highest BCUT2D eigenvalue weighted by molar-refractivity contribution is 6.30. The second-order valence-corrected chi connectivity index (χ2v) is 5.91. The quantitative estimate of drug-likeness (QED) is 0.704. The largest absolute Gasteiger partial charge is 0.298 e. The van der Waals surface area contributed by atoms with Crippen LogP contribution in [0.5, 0.6) is 0 Å². The number of carbonyl (C=O) groups excluding carboxylic acids is 1. The van der Waals surface area contributed by atoms with Crippen LogP contribution in [0.4, 0.5) is 0 Å². The number of aldehydes is 1. The summed E-state index contributed by atoms with van der Waals surface area (Å²) in [7, 11) is 0. The molecule has 0 saturated carbocycles. The lowest BCUT2D eigenvalue weighted by Gasteiger charge is -2.31. The minimum absolute atomic E-state index is 0.234. The summed E-state index contributed by atoms with van der Waals surface area (Å²) in [4.78, 5) is 11.2. The summed E-state index contributed by atoms with van der Waals surface area (Å²) < 4.78 is 0. The normalized spacial score (nSPS) is 19.2. The van der Waals surface area contributed by atoms with Crippen molar-refractivity contribution in [1.29, 1.82) is 0 Å². The van der Waals surface area contributed by atoms with E-state index in [9.17, 15) is 4.79 Å². The van der Waals surface area contributed by atoms with Crippen LogP contribution in [0.25, 0.3) is 5.57 Å². The van der Waals surface area contributed by atoms with E-state index < -0.39 is 0 Å². The molecule has 2 heteroatoms. The molecule has 90 valence electrons. The summed E-state index contributed by atoms with van der Waals surface area (Å²) in [6, 6.07) is 7.77. The van der Waals surface area contributed by atoms with Gasteiger partial charge in [-0.25, -0.2) is 0 Å². The van der Waals surface area contributed by atoms with Crippen LogP contribution in [0.2, 0.25) is 5.02 Å². The van der Waals surface area contributed by atoms with Crippen LogP contribution in [0, 0.1) is 5.41 Å². The molecule has 1 nitrogen and oxygen atoms in total. The Morgan fingerprint density at radius 3 is 2.76 bits per heavy atom. The first-order chi connectivity index (χ1) is 8.02. The highest BCUT2D eigenvalue weighted by Crippen LogP contribution is 2.41. The van der Waals surface area contributed by atoms with Gasteiger partial charge in [-0.3, -0.25) is 4.79 Å². The molecule has 0 radical (unpaired) electrons. The van der Waals surface area contributed by atoms with Gasteiger partial charge in [-0.2, -0.15) is 0 Å². The Hall–Kier alpha value is -1.08. The molecule has 1 aromatic rings. The third kappa shape index (κ3) is 2.78. The van der Waals surface area contributed by atoms with Gasteiger partial charge < -0.3 is 0 Å². The van der Waals surface area contributed by atoms with E-state index in [1.807, 2.05) is 24.3 Å². The van der Waals surface area contributed by atoms with Gasteiger partial charge in [-0.1, -0.05) is 37.6 Å². The van der Waals surface area contributed by atoms with Gasteiger partial charge in [0.05, 0.1) is 0 Å². The lowest BCUT2D eigenvalue weighted by atomic mass is 9.73. The molecule has 0 unspecified atom stereocenters. The molecule has 0 bridgehead atoms. The van der Waals surface area contributed by atoms with E-state index in [1.165, 1.54) is 5.57 Å². The summed E-state index contributed by atoms with van der Waals surface area (Å²) >= 11 is 6.00. The first-order valence-corrected chi connectivity index (χ1v) is 6.33. The summed E-state index contributed by atoms with van der Waals surface area (Å²) in [5.41, 5.74) is 3.43. The fraction of sp³-hybridized carbons (Fsp3) is 0.400. The predicted molar refractivity (Wildman–Crippen MR) is 72.1 cm³/mol. The van der Waals surface area contributed by atoms with E-state index >= 15 is 0 Å². The van der Waals surface area contributed by atoms with E-state index in [0.717, 1.165) is 41.7 Å². The zero-order valence-corrected chi connectivity index (χ0v) is 11.1. The molecule has 0 N–H and O–H groups in total. The van der Waals surface area contributed by atoms with Crippen LogP contribution in [-0.2, 0) is 4.79 Å². The molecule has 0 amide bonds. The van der Waals surface area contributed by atoms with Crippen molar-refractivity contribution in [3.63, 3.8) is 0 Å². The topological polar surface area (TPSA) is 17.1 Å². The second kappa shape index (κ2) is 4.66. The van der Waals surface area contributed by atoms with Crippen molar-refractivity contribution in [2.45, 2.75) is 33.1 Å². The molecule has 1 aliphatic rings. The Morgan fingerprint density at radius 2 is 2.12 bits per heavy atom. The number of hydrogen-bond donors (Lipinski definition) is 0. The lowest BCUT2D eigenvalue weighted by Crippen LogP contribution is -2.18. The van der Waals surface area contributed by atoms with Crippen molar-refractivity contribution < 1.29 is 4.79 Å². The number of rotatable bonds is 2. The van der Waals surface area contributed by atoms with Crippen LogP contribution < -0.4 is 0 Å². The van der Waals surface area contributed by atoms with Crippen molar-refractivity contribution in [2.24, 2.45) is 5.41 Å². The zero-order chi connectivity index (χ0) is 12.5. The number of allylic oxidation sites excluding steroid dienone is 2. The smallest absolute Gasteiger partial charge is 0.146 e. The van der Waals surface area contributed by atoms with Gasteiger partial charge in [-0.15, -0.1) is 0 Å². The fourth-order valence-electron chi connectivity index (χ4n) is 2.45. The molecular formula is C15H17ClO. The molecule has 1 aliphatic carbocycles. The van der Waals surface area contributed by atoms with Gasteiger partial charge in [-0.05, 0) is 53.5 Å². The average molecular weight is 249 g/mol. The minimum atomic E-state index is 0.234. The molecule has 0 atom stereocenters. The van der Waals surface area contributed by atoms with Crippen molar-refractivity contribution >= 4 is 23.5 Å². The van der Waals surface area contributed by atoms with Crippen LogP contribution in [-0.4, -0.2) is 6.29 Å². The highest BCUT2D eigenvalue weighted by atomic mass is 35.5. The average Bonchev–Trinajstić information content (AvgIpc) is 2.27. The molecule has 0 fully saturated rings. The Morgan fingerprint density at radius 1 is 1.35 bits per heavy atom. The van der Waals surface area contributed by atoms with E-state index in [-0.39, 0.29) is 5.41 Å². The monoisotopic (exact) mass is 248 g/mol. The van der Waals surface area contributed by atoms with E-state index in [0.29, 0.717) is 0 Å². The Labute approximate surface area is 107 Å². The number of hydrogen-bond acceptors (Lipinski definition) is 1. The number of carbonyl (C=O) groups is 1. The fourth-order valence-corrected chi connectivity index (χ4v) is 2.64. The molecule has 1 aromatic carbocycles. The molecule has 0 saturated heterocycles. The van der Waals surface area contributed by atoms with Gasteiger partial charge in [0.25, 0.3) is 0 Å². The molecule has 2 rings (SSSR count). The lowest BCUT2D eigenvalue weighted by molar-refractivity contribution is -0.105. The summed E-state index contributed by atoms with van der Waals surface area (Å²) in [6.07, 6.45) is 3.95. The first kappa shape index (κ1) is 12.4. The summed E-state index contributed by atoms with van der Waals surface area (Å²) in [5, 5.41) is 0.727. The predicted octanol–water partition coefficient (Wildman–Crippen LogP) is 4.50. The standard InChI is InChI=1S/C15H17ClO/c1-15(2)7-6-14(12(9-15)10-17)11-4-3-5-13(16)8-11/h3-5,8,10H,6-7,9H2,1-2H3. The SMILES string of the molecule is CC1(C)CCC(c2cccc(Cl)c2)=C(C=O)C1. The third-order valence-electron chi connectivity index (χ3n) is 3.42. The second-order valence-electron chi connectivity index (χ2n) is 5.47. The van der Waals surface area contributed by atoms with Gasteiger partial charge in [0.1, 0.15) is 6.29 Å². The maximum Gasteiger partial charge on any atom is 0.146 e. The molecule has 0 aromatic heterocycles. The molecule has 0 aliphatic heterocycles. The third-order valence-corrected chi connectivity index (χ3v) is 3.66. The number of benzene rings is 1. The Bertz CT molecular complexity index is 472. The zero-order valence-electron chi connectivity index (χ0n) is 10.3. The van der Waals surface area contributed by atoms with Crippen molar-refractivity contribution in [1.82, 2.24) is 0 Å². The Kier molecular flexibility index (Phi) is 3.39. The van der Waals surface area contributed by atoms with Crippen LogP contribution >= 0.6 is 11.6 Å². The molecule has 17 heavy (non-hydrogen) atoms. The minimum Gasteiger partial charge on any atom is -0.298 e. The van der Waals surface area contributed by atoms with Crippen molar-refractivity contribution in [3.8, 4) is 0 Å². The number of halogens is 1. The van der Waals surface area contributed by atoms with Gasteiger partial charge in [0.15, 0.2) is 0 Å². The summed E-state index contributed by atoms with van der Waals surface area (Å²) in [5.74, 6) is 0. The van der Waals surface area contributed by atoms with Crippen molar-refractivity contribution in [3.05, 3.63) is 40.4 Å². The van der Waals surface area contributed by atoms with Gasteiger partial charge >= 0.3 is 0 Å². The van der Waals surface area contributed by atoms with Crippen LogP contribution in [0.15, 0.2) is 29.8 Å². The first-order valence-electron chi connectivity index (χ1n) is 5.95. The van der Waals surface area contributed by atoms with Crippen molar-refractivity contribution in [2.75, 3.05) is 0 Å². The maximum atomic E-state index is 11.2. The van der Waals surface area contributed by atoms with E-state index in [4.69, 9.17) is 11.6 Å². The molecule has 0 heterocycles. The van der Waals surface area contributed by atoms with Gasteiger partial charge in [0.2, 0.25) is 0 Å². The van der Waals surface area contributed by atoms with E-state index in [1.54, 1.807) is 0 Å². The van der Waals surface area contributed by atoms with E-state index in [2.05, 4.69) is 13.8 Å².